The second-order valence-corrected chi connectivity index (χ2v) is 12.7. The minimum Gasteiger partial charge on any atom is -0.508 e. The molecule has 3 aromatic carbocycles. The highest BCUT2D eigenvalue weighted by molar-refractivity contribution is 6.01. The molecule has 0 unspecified atom stereocenters. The molecule has 4 fully saturated rings. The number of anilines is 1. The van der Waals surface area contributed by atoms with Gasteiger partial charge in [-0.3, -0.25) is 4.90 Å². The maximum Gasteiger partial charge on any atom is 0.319 e. The van der Waals surface area contributed by atoms with Crippen LogP contribution in [0.2, 0.25) is 0 Å². The molecule has 1 aromatic heterocycles. The fourth-order valence-electron chi connectivity index (χ4n) is 8.04. The third-order valence-electron chi connectivity index (χ3n) is 9.95. The molecule has 4 atom stereocenters. The zero-order valence-corrected chi connectivity index (χ0v) is 23.8. The minimum absolute atomic E-state index is 0.00644. The van der Waals surface area contributed by atoms with Crippen LogP contribution in [0.4, 0.5) is 19.0 Å². The molecule has 4 aliphatic heterocycles. The summed E-state index contributed by atoms with van der Waals surface area (Å²) in [5, 5.41) is 15.6. The van der Waals surface area contributed by atoms with Gasteiger partial charge in [0.15, 0.2) is 5.82 Å². The number of hydrogen-bond acceptors (Lipinski definition) is 7. The Labute approximate surface area is 247 Å². The average Bonchev–Trinajstić information content (AvgIpc) is 3.51. The third-order valence-corrected chi connectivity index (χ3v) is 9.95. The molecule has 7 nitrogen and oxygen atoms in total. The van der Waals surface area contributed by atoms with Crippen LogP contribution < -0.4 is 15.0 Å². The molecule has 43 heavy (non-hydrogen) atoms. The molecule has 2 N–H and O–H groups in total. The van der Waals surface area contributed by atoms with Gasteiger partial charge in [-0.25, -0.2) is 13.2 Å². The zero-order chi connectivity index (χ0) is 29.3. The number of aromatic nitrogens is 2. The summed E-state index contributed by atoms with van der Waals surface area (Å²) < 4.78 is 53.4. The SMILES string of the molecule is Oc1cc(-c2c(F)cc3c(N4C[C@H]5CCC[C@@H](C4)N5)nc(OC[C@@]45CCCN4C[C@H](F)C5)nc3c2F)c2ccccc2c1. The lowest BCUT2D eigenvalue weighted by molar-refractivity contribution is 0.107. The van der Waals surface area contributed by atoms with Crippen LogP contribution in [0, 0.1) is 11.6 Å². The molecule has 4 saturated heterocycles. The average molecular weight is 590 g/mol. The van der Waals surface area contributed by atoms with E-state index in [0.717, 1.165) is 38.6 Å². The maximum absolute atomic E-state index is 16.7. The molecule has 10 heteroatoms. The van der Waals surface area contributed by atoms with Crippen LogP contribution in [0.25, 0.3) is 32.8 Å². The third kappa shape index (κ3) is 4.57. The lowest BCUT2D eigenvalue weighted by Gasteiger charge is -2.43. The molecular formula is C33H34F3N5O2. The van der Waals surface area contributed by atoms with Gasteiger partial charge < -0.3 is 20.1 Å². The molecule has 0 aliphatic carbocycles. The first-order valence-electron chi connectivity index (χ1n) is 15.3. The number of phenolic OH excluding ortho intramolecular Hbond substituents is 1. The summed E-state index contributed by atoms with van der Waals surface area (Å²) >= 11 is 0. The number of nitrogens with zero attached hydrogens (tertiary/aromatic N) is 4. The van der Waals surface area contributed by atoms with E-state index in [1.165, 1.54) is 12.1 Å². The molecular weight excluding hydrogens is 555 g/mol. The smallest absolute Gasteiger partial charge is 0.319 e. The Kier molecular flexibility index (Phi) is 6.41. The van der Waals surface area contributed by atoms with Gasteiger partial charge >= 0.3 is 6.01 Å². The monoisotopic (exact) mass is 589 g/mol. The molecule has 4 aromatic rings. The molecule has 4 aliphatic rings. The highest BCUT2D eigenvalue weighted by atomic mass is 19.1. The summed E-state index contributed by atoms with van der Waals surface area (Å²) in [5.41, 5.74) is -0.476. The predicted octanol–water partition coefficient (Wildman–Crippen LogP) is 5.72. The molecule has 0 saturated carbocycles. The first-order valence-corrected chi connectivity index (χ1v) is 15.3. The van der Waals surface area contributed by atoms with Crippen LogP contribution in [0.3, 0.4) is 0 Å². The van der Waals surface area contributed by atoms with Crippen molar-refractivity contribution in [3.63, 3.8) is 0 Å². The van der Waals surface area contributed by atoms with Crippen LogP contribution in [-0.2, 0) is 0 Å². The maximum atomic E-state index is 16.7. The number of alkyl halides is 1. The summed E-state index contributed by atoms with van der Waals surface area (Å²) in [6.45, 7) is 2.74. The van der Waals surface area contributed by atoms with Crippen molar-refractivity contribution in [3.05, 3.63) is 54.1 Å². The van der Waals surface area contributed by atoms with Crippen LogP contribution in [0.1, 0.15) is 38.5 Å². The number of hydrogen-bond donors (Lipinski definition) is 2. The van der Waals surface area contributed by atoms with E-state index in [1.54, 1.807) is 24.3 Å². The first-order chi connectivity index (χ1) is 20.9. The summed E-state index contributed by atoms with van der Waals surface area (Å²) in [5.74, 6) is -1.23. The quantitative estimate of drug-likeness (QED) is 0.309. The van der Waals surface area contributed by atoms with E-state index in [9.17, 15) is 9.50 Å². The van der Waals surface area contributed by atoms with Gasteiger partial charge in [-0.1, -0.05) is 30.7 Å². The number of fused-ring (bicyclic) bond motifs is 5. The van der Waals surface area contributed by atoms with Crippen molar-refractivity contribution in [3.8, 4) is 22.9 Å². The van der Waals surface area contributed by atoms with E-state index < -0.39 is 23.3 Å². The Morgan fingerprint density at radius 2 is 1.81 bits per heavy atom. The summed E-state index contributed by atoms with van der Waals surface area (Å²) in [4.78, 5) is 13.5. The number of aromatic hydroxyl groups is 1. The number of nitrogens with one attached hydrogen (secondary N) is 1. The van der Waals surface area contributed by atoms with Crippen LogP contribution in [0.5, 0.6) is 11.8 Å². The molecule has 0 amide bonds. The van der Waals surface area contributed by atoms with Gasteiger partial charge in [-0.05, 0) is 66.8 Å². The Hall–Kier alpha value is -3.63. The van der Waals surface area contributed by atoms with Crippen molar-refractivity contribution >= 4 is 27.5 Å². The van der Waals surface area contributed by atoms with Crippen molar-refractivity contribution < 1.29 is 23.0 Å². The van der Waals surface area contributed by atoms with Crippen molar-refractivity contribution in [2.45, 2.75) is 62.3 Å². The number of benzene rings is 3. The highest BCUT2D eigenvalue weighted by Crippen LogP contribution is 2.42. The molecule has 2 bridgehead atoms. The Morgan fingerprint density at radius 1 is 1.00 bits per heavy atom. The fraction of sp³-hybridized carbons (Fsp3) is 0.455. The lowest BCUT2D eigenvalue weighted by Crippen LogP contribution is -2.59. The number of halogens is 3. The van der Waals surface area contributed by atoms with Gasteiger partial charge in [0.25, 0.3) is 0 Å². The zero-order valence-electron chi connectivity index (χ0n) is 23.8. The summed E-state index contributed by atoms with van der Waals surface area (Å²) in [7, 11) is 0. The second kappa shape index (κ2) is 10.2. The van der Waals surface area contributed by atoms with Gasteiger partial charge in [0.1, 0.15) is 35.7 Å². The van der Waals surface area contributed by atoms with E-state index in [-0.39, 0.29) is 52.5 Å². The fourth-order valence-corrected chi connectivity index (χ4v) is 8.04. The number of phenols is 1. The van der Waals surface area contributed by atoms with Crippen LogP contribution in [-0.4, -0.2) is 76.6 Å². The molecule has 5 heterocycles. The van der Waals surface area contributed by atoms with Gasteiger partial charge in [0, 0.05) is 43.5 Å². The lowest BCUT2D eigenvalue weighted by atomic mass is 9.93. The molecule has 0 spiro atoms. The van der Waals surface area contributed by atoms with E-state index >= 15 is 8.78 Å². The van der Waals surface area contributed by atoms with Crippen molar-refractivity contribution in [2.24, 2.45) is 0 Å². The van der Waals surface area contributed by atoms with Crippen molar-refractivity contribution in [2.75, 3.05) is 37.7 Å². The number of piperazine rings is 1. The largest absolute Gasteiger partial charge is 0.508 e. The van der Waals surface area contributed by atoms with Crippen molar-refractivity contribution in [1.82, 2.24) is 20.2 Å². The van der Waals surface area contributed by atoms with E-state index in [4.69, 9.17) is 9.72 Å². The number of ether oxygens (including phenoxy) is 1. The normalized spacial score (nSPS) is 27.2. The predicted molar refractivity (Wildman–Crippen MR) is 159 cm³/mol. The van der Waals surface area contributed by atoms with Gasteiger partial charge in [0.2, 0.25) is 0 Å². The number of rotatable bonds is 5. The number of piperidine rings is 1. The standard InChI is InChI=1S/C33H34F3N5O2/c34-20-14-33(9-4-10-41(33)15-20)18-43-32-38-30-26(31(39-32)40-16-21-6-3-7-22(17-40)37-21)13-27(35)28(29(30)36)25-12-23(42)11-19-5-1-2-8-24(19)25/h1-2,5,8,11-13,20-22,37,42H,3-4,6-7,9-10,14-18H2/t20-,21-,22+,33+/m1/s1. The molecule has 0 radical (unpaired) electrons. The molecule has 224 valence electrons. The first kappa shape index (κ1) is 27.0. The van der Waals surface area contributed by atoms with Crippen LogP contribution in [0.15, 0.2) is 42.5 Å². The van der Waals surface area contributed by atoms with Gasteiger partial charge in [0.05, 0.1) is 11.1 Å². The van der Waals surface area contributed by atoms with E-state index in [1.807, 2.05) is 6.07 Å². The summed E-state index contributed by atoms with van der Waals surface area (Å²) in [6, 6.07) is 12.0. The minimum atomic E-state index is -0.905. The van der Waals surface area contributed by atoms with Gasteiger partial charge in [-0.2, -0.15) is 9.97 Å². The van der Waals surface area contributed by atoms with Gasteiger partial charge in [-0.15, -0.1) is 0 Å². The Morgan fingerprint density at radius 3 is 2.65 bits per heavy atom. The summed E-state index contributed by atoms with van der Waals surface area (Å²) in [6.07, 6.45) is 4.48. The Balaban J connectivity index is 1.27. The van der Waals surface area contributed by atoms with E-state index in [2.05, 4.69) is 20.1 Å². The van der Waals surface area contributed by atoms with Crippen LogP contribution >= 0.6 is 0 Å². The topological polar surface area (TPSA) is 73.8 Å². The highest BCUT2D eigenvalue weighted by Gasteiger charge is 2.49. The Bertz CT molecular complexity index is 1720. The van der Waals surface area contributed by atoms with Crippen molar-refractivity contribution in [1.29, 1.82) is 0 Å². The van der Waals surface area contributed by atoms with E-state index in [0.29, 0.717) is 42.6 Å². The molecule has 8 rings (SSSR count). The second-order valence-electron chi connectivity index (χ2n) is 12.7.